The quantitative estimate of drug-likeness (QED) is 0.611. The van der Waals surface area contributed by atoms with Gasteiger partial charge in [0.1, 0.15) is 5.52 Å². The van der Waals surface area contributed by atoms with Gasteiger partial charge in [-0.1, -0.05) is 35.5 Å². The lowest BCUT2D eigenvalue weighted by Crippen LogP contribution is -1.94. The topological polar surface area (TPSA) is 76.2 Å². The van der Waals surface area contributed by atoms with E-state index in [0.29, 0.717) is 16.7 Å². The Kier molecular flexibility index (Phi) is 3.31. The zero-order valence-electron chi connectivity index (χ0n) is 12.5. The van der Waals surface area contributed by atoms with Crippen LogP contribution in [0, 0.1) is 0 Å². The lowest BCUT2D eigenvalue weighted by molar-refractivity contribution is 0.0697. The number of rotatable bonds is 3. The fourth-order valence-corrected chi connectivity index (χ4v) is 2.63. The normalized spacial score (nSPS) is 10.8. The number of pyridine rings is 1. The van der Waals surface area contributed by atoms with Crippen LogP contribution in [0.2, 0.25) is 0 Å². The second-order valence-electron chi connectivity index (χ2n) is 5.37. The fraction of sp³-hybridized carbons (Fsp3) is 0. The molecule has 0 aliphatic carbocycles. The molecule has 2 aromatic heterocycles. The van der Waals surface area contributed by atoms with Crippen LogP contribution in [0.4, 0.5) is 0 Å². The predicted octanol–water partition coefficient (Wildman–Crippen LogP) is 4.26. The third-order valence-electron chi connectivity index (χ3n) is 3.87. The standard InChI is InChI=1S/C19H12N2O3/c22-19(23)14-7-8-17-16(10-14)18(24-21-17)13-5-3-12(4-6-13)15-2-1-9-20-11-15/h1-11H,(H,22,23). The lowest BCUT2D eigenvalue weighted by atomic mass is 10.0. The second kappa shape index (κ2) is 5.62. The minimum atomic E-state index is -0.976. The molecule has 0 aliphatic rings. The summed E-state index contributed by atoms with van der Waals surface area (Å²) >= 11 is 0. The van der Waals surface area contributed by atoms with Crippen LogP contribution in [-0.4, -0.2) is 21.2 Å². The summed E-state index contributed by atoms with van der Waals surface area (Å²) in [6.45, 7) is 0. The van der Waals surface area contributed by atoms with Crippen molar-refractivity contribution in [3.8, 4) is 22.5 Å². The Labute approximate surface area is 137 Å². The molecular weight excluding hydrogens is 304 g/mol. The minimum absolute atomic E-state index is 0.207. The smallest absolute Gasteiger partial charge is 0.335 e. The molecule has 0 atom stereocenters. The first kappa shape index (κ1) is 14.1. The van der Waals surface area contributed by atoms with Crippen molar-refractivity contribution < 1.29 is 14.4 Å². The van der Waals surface area contributed by atoms with E-state index in [1.54, 1.807) is 24.5 Å². The molecule has 24 heavy (non-hydrogen) atoms. The molecule has 5 heteroatoms. The molecule has 0 bridgehead atoms. The highest BCUT2D eigenvalue weighted by Crippen LogP contribution is 2.31. The van der Waals surface area contributed by atoms with Crippen LogP contribution in [-0.2, 0) is 0 Å². The summed E-state index contributed by atoms with van der Waals surface area (Å²) in [5.41, 5.74) is 3.75. The lowest BCUT2D eigenvalue weighted by Gasteiger charge is -2.02. The first-order chi connectivity index (χ1) is 11.7. The van der Waals surface area contributed by atoms with Crippen molar-refractivity contribution in [3.63, 3.8) is 0 Å². The number of benzene rings is 2. The largest absolute Gasteiger partial charge is 0.478 e. The van der Waals surface area contributed by atoms with E-state index in [1.165, 1.54) is 6.07 Å². The van der Waals surface area contributed by atoms with Gasteiger partial charge in [0.25, 0.3) is 0 Å². The van der Waals surface area contributed by atoms with Gasteiger partial charge < -0.3 is 9.63 Å². The van der Waals surface area contributed by atoms with Gasteiger partial charge in [0.05, 0.1) is 10.9 Å². The van der Waals surface area contributed by atoms with Crippen molar-refractivity contribution in [2.24, 2.45) is 0 Å². The van der Waals surface area contributed by atoms with E-state index < -0.39 is 5.97 Å². The maximum Gasteiger partial charge on any atom is 0.335 e. The number of carboxylic acids is 1. The van der Waals surface area contributed by atoms with Gasteiger partial charge in [-0.3, -0.25) is 4.98 Å². The molecule has 0 spiro atoms. The van der Waals surface area contributed by atoms with Gasteiger partial charge in [-0.25, -0.2) is 4.79 Å². The molecule has 0 radical (unpaired) electrons. The van der Waals surface area contributed by atoms with Gasteiger partial charge in [0, 0.05) is 18.0 Å². The number of hydrogen-bond donors (Lipinski definition) is 1. The molecule has 0 amide bonds. The number of carbonyl (C=O) groups is 1. The average molecular weight is 316 g/mol. The molecule has 116 valence electrons. The zero-order valence-corrected chi connectivity index (χ0v) is 12.5. The van der Waals surface area contributed by atoms with E-state index in [9.17, 15) is 4.79 Å². The van der Waals surface area contributed by atoms with E-state index in [1.807, 2.05) is 36.4 Å². The second-order valence-corrected chi connectivity index (χ2v) is 5.37. The Hall–Kier alpha value is -3.47. The van der Waals surface area contributed by atoms with Crippen LogP contribution in [0.15, 0.2) is 71.5 Å². The Bertz CT molecular complexity index is 1020. The van der Waals surface area contributed by atoms with Crippen LogP contribution in [0.3, 0.4) is 0 Å². The Morgan fingerprint density at radius 2 is 1.75 bits per heavy atom. The van der Waals surface area contributed by atoms with Crippen molar-refractivity contribution in [1.82, 2.24) is 10.1 Å². The van der Waals surface area contributed by atoms with Gasteiger partial charge in [0.15, 0.2) is 5.76 Å². The molecule has 0 unspecified atom stereocenters. The molecule has 2 heterocycles. The van der Waals surface area contributed by atoms with Crippen LogP contribution < -0.4 is 0 Å². The van der Waals surface area contributed by atoms with Gasteiger partial charge in [-0.05, 0) is 35.4 Å². The number of nitrogens with zero attached hydrogens (tertiary/aromatic N) is 2. The van der Waals surface area contributed by atoms with Crippen molar-refractivity contribution in [2.75, 3.05) is 0 Å². The van der Waals surface area contributed by atoms with Crippen LogP contribution in [0.1, 0.15) is 10.4 Å². The molecule has 0 saturated heterocycles. The highest BCUT2D eigenvalue weighted by Gasteiger charge is 2.13. The van der Waals surface area contributed by atoms with Gasteiger partial charge in [-0.15, -0.1) is 0 Å². The number of aromatic nitrogens is 2. The maximum absolute atomic E-state index is 11.2. The summed E-state index contributed by atoms with van der Waals surface area (Å²) in [5.74, 6) is -0.415. The molecular formula is C19H12N2O3. The molecule has 4 aromatic rings. The monoisotopic (exact) mass is 316 g/mol. The molecule has 0 fully saturated rings. The van der Waals surface area contributed by atoms with E-state index in [4.69, 9.17) is 9.63 Å². The molecule has 4 rings (SSSR count). The summed E-state index contributed by atoms with van der Waals surface area (Å²) in [7, 11) is 0. The van der Waals surface area contributed by atoms with Crippen molar-refractivity contribution >= 4 is 16.9 Å². The summed E-state index contributed by atoms with van der Waals surface area (Å²) in [6, 6.07) is 16.4. The Morgan fingerprint density at radius 3 is 2.46 bits per heavy atom. The minimum Gasteiger partial charge on any atom is -0.478 e. The number of aromatic carboxylic acids is 1. The van der Waals surface area contributed by atoms with Crippen molar-refractivity contribution in [3.05, 3.63) is 72.6 Å². The highest BCUT2D eigenvalue weighted by atomic mass is 16.5. The number of carboxylic acid groups (broad SMARTS) is 1. The molecule has 0 aliphatic heterocycles. The van der Waals surface area contributed by atoms with Gasteiger partial charge in [0.2, 0.25) is 0 Å². The Balaban J connectivity index is 1.77. The summed E-state index contributed by atoms with van der Waals surface area (Å²) in [5, 5.41) is 13.8. The third kappa shape index (κ3) is 2.42. The van der Waals surface area contributed by atoms with Crippen LogP contribution >= 0.6 is 0 Å². The summed E-state index contributed by atoms with van der Waals surface area (Å²) in [4.78, 5) is 15.3. The van der Waals surface area contributed by atoms with Gasteiger partial charge >= 0.3 is 5.97 Å². The van der Waals surface area contributed by atoms with Crippen molar-refractivity contribution in [1.29, 1.82) is 0 Å². The first-order valence-corrected chi connectivity index (χ1v) is 7.36. The SMILES string of the molecule is O=C(O)c1ccc2noc(-c3ccc(-c4cccnc4)cc3)c2c1. The van der Waals surface area contributed by atoms with Gasteiger partial charge in [-0.2, -0.15) is 0 Å². The van der Waals surface area contributed by atoms with E-state index in [2.05, 4.69) is 10.1 Å². The van der Waals surface area contributed by atoms with Crippen LogP contribution in [0.25, 0.3) is 33.4 Å². The number of fused-ring (bicyclic) bond motifs is 1. The zero-order chi connectivity index (χ0) is 16.5. The molecule has 2 aromatic carbocycles. The maximum atomic E-state index is 11.2. The van der Waals surface area contributed by atoms with E-state index in [0.717, 1.165) is 16.7 Å². The fourth-order valence-electron chi connectivity index (χ4n) is 2.63. The molecule has 1 N–H and O–H groups in total. The van der Waals surface area contributed by atoms with Crippen LogP contribution in [0.5, 0.6) is 0 Å². The summed E-state index contributed by atoms with van der Waals surface area (Å²) in [6.07, 6.45) is 3.54. The molecule has 0 saturated carbocycles. The Morgan fingerprint density at radius 1 is 0.958 bits per heavy atom. The van der Waals surface area contributed by atoms with E-state index >= 15 is 0 Å². The third-order valence-corrected chi connectivity index (χ3v) is 3.87. The number of hydrogen-bond acceptors (Lipinski definition) is 4. The predicted molar refractivity (Wildman–Crippen MR) is 89.6 cm³/mol. The van der Waals surface area contributed by atoms with Crippen molar-refractivity contribution in [2.45, 2.75) is 0 Å². The average Bonchev–Trinajstić information content (AvgIpc) is 3.06. The van der Waals surface area contributed by atoms with E-state index in [-0.39, 0.29) is 5.56 Å². The summed E-state index contributed by atoms with van der Waals surface area (Å²) < 4.78 is 5.43. The molecule has 5 nitrogen and oxygen atoms in total. The highest BCUT2D eigenvalue weighted by molar-refractivity contribution is 5.98. The first-order valence-electron chi connectivity index (χ1n) is 7.36.